The Morgan fingerprint density at radius 1 is 0.405 bits per heavy atom. The van der Waals surface area contributed by atoms with E-state index in [1.165, 1.54) is 0 Å². The van der Waals surface area contributed by atoms with Gasteiger partial charge in [0.2, 0.25) is 0 Å². The molecule has 1 atom stereocenters. The Kier molecular flexibility index (Phi) is 33.7. The van der Waals surface area contributed by atoms with Gasteiger partial charge in [-0.05, 0) is 118 Å². The molecule has 32 heteroatoms. The van der Waals surface area contributed by atoms with E-state index in [1.807, 2.05) is 166 Å². The quantitative estimate of drug-likeness (QED) is 0.0291. The zero-order valence-electron chi connectivity index (χ0n) is 75.5. The number of hydrogen-bond donors (Lipinski definition) is 4. The van der Waals surface area contributed by atoms with E-state index in [2.05, 4.69) is 130 Å². The maximum Gasteiger partial charge on any atom is 0.257 e. The van der Waals surface area contributed by atoms with Gasteiger partial charge in [0, 0.05) is 233 Å². The molecule has 0 aliphatic heterocycles. The monoisotopic (exact) mass is 1780 g/mol. The number of aryl methyl sites for hydroxylation is 4. The number of fused-ring (bicyclic) bond motifs is 4. The molecule has 16 rings (SSSR count). The lowest BCUT2D eigenvalue weighted by molar-refractivity contribution is 0.0206. The van der Waals surface area contributed by atoms with Gasteiger partial charge in [0.15, 0.2) is 0 Å². The third-order valence-corrected chi connectivity index (χ3v) is 21.0. The predicted octanol–water partition coefficient (Wildman–Crippen LogP) is 19.0. The minimum Gasteiger partial charge on any atom is -0.508 e. The third-order valence-electron chi connectivity index (χ3n) is 21.0. The lowest BCUT2D eigenvalue weighted by Crippen LogP contribution is -2.42. The Morgan fingerprint density at radius 2 is 0.756 bits per heavy atom. The molecule has 8 aromatic carbocycles. The summed E-state index contributed by atoms with van der Waals surface area (Å²) in [5.74, 6) is 1.53. The molecular weight excluding hydrogens is 1660 g/mol. The van der Waals surface area contributed by atoms with Gasteiger partial charge in [0.1, 0.15) is 40.2 Å². The highest BCUT2D eigenvalue weighted by Gasteiger charge is 2.25. The molecule has 0 fully saturated rings. The molecule has 1 unspecified atom stereocenters. The van der Waals surface area contributed by atoms with Gasteiger partial charge in [-0.15, -0.1) is 0 Å². The topological polar surface area (TPSA) is 313 Å². The Bertz CT molecular complexity index is 6370. The van der Waals surface area contributed by atoms with E-state index in [1.54, 1.807) is 118 Å². The van der Waals surface area contributed by atoms with Crippen molar-refractivity contribution in [1.82, 2.24) is 89.6 Å². The van der Waals surface area contributed by atoms with Gasteiger partial charge in [0.05, 0.1) is 166 Å². The second kappa shape index (κ2) is 45.5. The van der Waals surface area contributed by atoms with E-state index in [-0.39, 0.29) is 26.6 Å². The van der Waals surface area contributed by atoms with Crippen molar-refractivity contribution in [2.45, 2.75) is 100 Å². The number of ether oxygens (including phenoxy) is 6. The fraction of sp³-hybridized carbons (Fsp3) is 0.313. The van der Waals surface area contributed by atoms with Crippen molar-refractivity contribution < 1.29 is 42.3 Å². The fourth-order valence-electron chi connectivity index (χ4n) is 14.5. The largest absolute Gasteiger partial charge is 0.508 e. The molecule has 8 heterocycles. The fourth-order valence-corrected chi connectivity index (χ4v) is 14.5. The highest BCUT2D eigenvalue weighted by Crippen LogP contribution is 2.40. The number of halogens is 2. The molecule has 686 valence electrons. The molecule has 0 aliphatic rings. The van der Waals surface area contributed by atoms with E-state index in [0.29, 0.717) is 47.6 Å². The molecule has 0 saturated carbocycles. The van der Waals surface area contributed by atoms with E-state index in [4.69, 9.17) is 54.1 Å². The first-order valence-corrected chi connectivity index (χ1v) is 42.6. The molecule has 131 heavy (non-hydrogen) atoms. The number of hydrogen-bond acceptors (Lipinski definition) is 26. The molecule has 0 aliphatic carbocycles. The van der Waals surface area contributed by atoms with E-state index in [0.717, 1.165) is 200 Å². The number of nitrogens with zero attached hydrogens (tertiary/aromatic N) is 20. The summed E-state index contributed by atoms with van der Waals surface area (Å²) < 4.78 is 66.8. The molecule has 30 nitrogen and oxygen atoms in total. The SMILES string of the molecule is C.C.CCCN(c1cc(O)cc(OC)c1)c1ccc2ncc(-c3cnn(C)c3)nc2c1.CCCN(c1cccc(OC)c1)c1ccc2ncc(-c3cnn(C)c3)nc2c1.COc1cc(OC)cc(N(CC(C)NCC(C)(F)F)c2ccc3ncc(-c4cnn(C)c4)nc3c2)c1.COc1cc(OC)cc(N(CCNC(C)C)c2ccc3ncc(-c4cnn(CCCN)c4)nc3c2)c1. The Labute approximate surface area is 764 Å². The summed E-state index contributed by atoms with van der Waals surface area (Å²) >= 11 is 0. The van der Waals surface area contributed by atoms with Gasteiger partial charge in [0.25, 0.3) is 5.92 Å². The lowest BCUT2D eigenvalue weighted by atomic mass is 10.1. The number of methoxy groups -OCH3 is 6. The van der Waals surface area contributed by atoms with Crippen molar-refractivity contribution in [3.05, 3.63) is 226 Å². The van der Waals surface area contributed by atoms with Crippen LogP contribution < -0.4 is 64.4 Å². The molecule has 5 N–H and O–H groups in total. The molecule has 0 spiro atoms. The standard InChI is InChI=1S/C27H35N7O2.C26H30F2N6O2.C22H23N5O2.C22H23N5O.2CH4/c1-19(2)29-9-11-34(22-12-23(35-3)15-24(13-22)36-4)21-6-7-25-26(14-21)32-27(17-30-25)20-16-31-33(18-20)10-5-8-28;1-17(30-16-26(2,27)28)14-34(20-8-21(35-4)11-22(9-20)36-5)19-6-7-23-24(10-19)32-25(13-29-23)18-12-31-33(3)15-18;1-4-7-27(17-8-18(28)11-19(9-17)29-3)16-5-6-20-21(10-16)25-22(13-23-20)15-12-24-26(2)14-15;1-4-10-27(17-6-5-7-19(11-17)28-3)18-8-9-20-21(12-18)25-22(14-23-20)16-13-24-26(2)15-16;;/h6-7,12-19,29H,5,8-11,28H2,1-4H3;6-13,15,17,30H,14,16H2,1-5H3;5-6,8-14,28H,4,7H2,1-3H3;5-9,11-15H,4,10H2,1-3H3;2*1H4. The van der Waals surface area contributed by atoms with Crippen molar-refractivity contribution in [2.75, 3.05) is 108 Å². The highest BCUT2D eigenvalue weighted by molar-refractivity contribution is 5.87. The minimum absolute atomic E-state index is 0. The Balaban J connectivity index is 0.000000169. The van der Waals surface area contributed by atoms with Crippen LogP contribution in [0.2, 0.25) is 0 Å². The number of phenols is 1. The maximum absolute atomic E-state index is 13.5. The number of anilines is 8. The van der Waals surface area contributed by atoms with Crippen LogP contribution in [0.4, 0.5) is 54.3 Å². The van der Waals surface area contributed by atoms with E-state index in [9.17, 15) is 13.9 Å². The molecular formula is C99H119F2N23O7. The van der Waals surface area contributed by atoms with Crippen molar-refractivity contribution in [2.24, 2.45) is 26.9 Å². The summed E-state index contributed by atoms with van der Waals surface area (Å²) in [5, 5.41) is 33.6. The Hall–Kier alpha value is -14.5. The number of phenolic OH excluding ortho intramolecular Hbond substituents is 1. The van der Waals surface area contributed by atoms with Crippen molar-refractivity contribution in [1.29, 1.82) is 0 Å². The van der Waals surface area contributed by atoms with Crippen molar-refractivity contribution in [3.8, 4) is 85.3 Å². The minimum atomic E-state index is -2.81. The molecule has 0 bridgehead atoms. The molecule has 0 amide bonds. The van der Waals surface area contributed by atoms with Crippen LogP contribution in [-0.2, 0) is 27.7 Å². The first kappa shape index (κ1) is 97.1. The zero-order chi connectivity index (χ0) is 91.3. The van der Waals surface area contributed by atoms with Crippen LogP contribution in [0.15, 0.2) is 226 Å². The van der Waals surface area contributed by atoms with Crippen molar-refractivity contribution >= 4 is 89.6 Å². The Morgan fingerprint density at radius 3 is 1.13 bits per heavy atom. The highest BCUT2D eigenvalue weighted by atomic mass is 19.3. The van der Waals surface area contributed by atoms with Crippen LogP contribution >= 0.6 is 0 Å². The molecule has 16 aromatic rings. The van der Waals surface area contributed by atoms with Crippen LogP contribution in [0.5, 0.6) is 40.2 Å². The summed E-state index contributed by atoms with van der Waals surface area (Å²) in [5.41, 5.74) is 26.5. The van der Waals surface area contributed by atoms with E-state index < -0.39 is 12.5 Å². The average molecular weight is 1780 g/mol. The smallest absolute Gasteiger partial charge is 0.257 e. The number of rotatable bonds is 34. The zero-order valence-corrected chi connectivity index (χ0v) is 75.5. The predicted molar refractivity (Wildman–Crippen MR) is 520 cm³/mol. The first-order chi connectivity index (χ1) is 62.4. The summed E-state index contributed by atoms with van der Waals surface area (Å²) in [6.07, 6.45) is 24.8. The average Bonchev–Trinajstić information content (AvgIpc) is 1.67. The second-order valence-electron chi connectivity index (χ2n) is 31.3. The van der Waals surface area contributed by atoms with Gasteiger partial charge in [-0.25, -0.2) is 28.7 Å². The molecule has 0 radical (unpaired) electrons. The summed E-state index contributed by atoms with van der Waals surface area (Å²) in [7, 11) is 15.4. The van der Waals surface area contributed by atoms with Crippen LogP contribution in [-0.4, -0.2) is 191 Å². The van der Waals surface area contributed by atoms with Crippen LogP contribution in [0, 0.1) is 0 Å². The normalized spacial score (nSPS) is 11.3. The first-order valence-electron chi connectivity index (χ1n) is 42.6. The van der Waals surface area contributed by atoms with Gasteiger partial charge < -0.3 is 69.5 Å². The van der Waals surface area contributed by atoms with Crippen LogP contribution in [0.1, 0.15) is 75.7 Å². The van der Waals surface area contributed by atoms with E-state index >= 15 is 0 Å². The number of alkyl halides is 2. The number of nitrogens with two attached hydrogens (primary N) is 1. The summed E-state index contributed by atoms with van der Waals surface area (Å²) in [6.45, 7) is 16.0. The molecule has 8 aromatic heterocycles. The number of aromatic nitrogens is 16. The third kappa shape index (κ3) is 25.5. The van der Waals surface area contributed by atoms with Crippen LogP contribution in [0.25, 0.3) is 89.2 Å². The number of benzene rings is 8. The maximum atomic E-state index is 13.5. The van der Waals surface area contributed by atoms with Crippen molar-refractivity contribution in [3.63, 3.8) is 0 Å². The van der Waals surface area contributed by atoms with Gasteiger partial charge in [-0.2, -0.15) is 20.4 Å². The number of aromatic hydroxyl groups is 1. The summed E-state index contributed by atoms with van der Waals surface area (Å²) in [4.78, 5) is 46.3. The summed E-state index contributed by atoms with van der Waals surface area (Å²) in [6, 6.07) is 49.1. The number of nitrogens with one attached hydrogen (secondary N) is 2. The van der Waals surface area contributed by atoms with Gasteiger partial charge in [-0.3, -0.25) is 38.7 Å². The van der Waals surface area contributed by atoms with Gasteiger partial charge in [-0.1, -0.05) is 48.6 Å². The van der Waals surface area contributed by atoms with Gasteiger partial charge >= 0.3 is 0 Å². The van der Waals surface area contributed by atoms with Crippen LogP contribution in [0.3, 0.4) is 0 Å². The second-order valence-corrected chi connectivity index (χ2v) is 31.3. The molecule has 0 saturated heterocycles. The lowest BCUT2D eigenvalue weighted by Gasteiger charge is -2.30.